The van der Waals surface area contributed by atoms with Crippen LogP contribution in [0.15, 0.2) is 0 Å². The minimum absolute atomic E-state index is 0. The minimum Gasteiger partial charge on any atom is -1.00 e. The normalized spacial score (nSPS) is 11.1. The molecule has 0 unspecified atom stereocenters. The summed E-state index contributed by atoms with van der Waals surface area (Å²) in [5, 5.41) is 0. The van der Waals surface area contributed by atoms with Crippen LogP contribution >= 0.6 is 8.69 Å². The molecule has 0 aliphatic carbocycles. The number of halogens is 1. The lowest BCUT2D eigenvalue weighted by Gasteiger charge is -2.22. The van der Waals surface area contributed by atoms with Gasteiger partial charge in [-0.1, -0.05) is 0 Å². The van der Waals surface area contributed by atoms with Crippen molar-refractivity contribution < 1.29 is 37.5 Å². The Balaban J connectivity index is 0. The zero-order valence-corrected chi connectivity index (χ0v) is 9.56. The molecular weight excluding hydrogens is 264 g/mol. The van der Waals surface area contributed by atoms with Crippen LogP contribution in [-0.4, -0.2) is 38.8 Å². The first kappa shape index (κ1) is 13.3. The van der Waals surface area contributed by atoms with Gasteiger partial charge in [0.05, 0.1) is 21.1 Å². The van der Waals surface area contributed by atoms with Crippen molar-refractivity contribution in [1.29, 1.82) is 0 Å². The molecule has 0 heterocycles. The van der Waals surface area contributed by atoms with E-state index in [1.165, 1.54) is 0 Å². The Kier molecular flexibility index (Phi) is 8.62. The number of likely N-dealkylation sites (N-methyl/N-ethyl adjacent to an activating group) is 1. The highest BCUT2D eigenvalue weighted by atomic mass is 127. The molecule has 0 rings (SSSR count). The fourth-order valence-corrected chi connectivity index (χ4v) is 0.508. The monoisotopic (exact) mass is 277 g/mol. The quantitative estimate of drug-likeness (QED) is 0.255. The van der Waals surface area contributed by atoms with Crippen LogP contribution in [0.1, 0.15) is 0 Å². The molecule has 0 N–H and O–H groups in total. The average Bonchev–Trinajstić information content (AvgIpc) is 1.63. The van der Waals surface area contributed by atoms with Crippen molar-refractivity contribution in [2.45, 2.75) is 0 Å². The molecule has 0 aliphatic rings. The Morgan fingerprint density at radius 1 is 1.40 bits per heavy atom. The molecule has 0 radical (unpaired) electrons. The summed E-state index contributed by atoms with van der Waals surface area (Å²) in [5.74, 6) is 0. The van der Waals surface area contributed by atoms with Gasteiger partial charge in [0.15, 0.2) is 0 Å². The molecule has 0 aliphatic heterocycles. The number of rotatable bonds is 4. The smallest absolute Gasteiger partial charge is 0.327 e. The van der Waals surface area contributed by atoms with E-state index in [0.29, 0.717) is 6.61 Å². The Bertz CT molecular complexity index is 94.1. The summed E-state index contributed by atoms with van der Waals surface area (Å²) in [4.78, 5) is 0. The predicted octanol–water partition coefficient (Wildman–Crippen LogP) is -2.08. The van der Waals surface area contributed by atoms with Crippen LogP contribution < -0.4 is 24.0 Å². The first-order valence-corrected chi connectivity index (χ1v) is 3.54. The third kappa shape index (κ3) is 11.5. The predicted molar refractivity (Wildman–Crippen MR) is 36.5 cm³/mol. The SMILES string of the molecule is C[N+](C)(C)CCOP=O.[I-]. The topological polar surface area (TPSA) is 26.3 Å². The molecule has 0 bridgehead atoms. The van der Waals surface area contributed by atoms with Gasteiger partial charge in [-0.15, -0.1) is 0 Å². The third-order valence-corrected chi connectivity index (χ3v) is 1.19. The van der Waals surface area contributed by atoms with E-state index < -0.39 is 0 Å². The molecule has 0 atom stereocenters. The van der Waals surface area contributed by atoms with Gasteiger partial charge in [0.25, 0.3) is 0 Å². The second-order valence-electron chi connectivity index (χ2n) is 2.92. The summed E-state index contributed by atoms with van der Waals surface area (Å²) >= 11 is 0. The van der Waals surface area contributed by atoms with Gasteiger partial charge in [-0.2, -0.15) is 0 Å². The summed E-state index contributed by atoms with van der Waals surface area (Å²) in [6.07, 6.45) is 0. The maximum absolute atomic E-state index is 9.76. The molecule has 0 amide bonds. The maximum atomic E-state index is 9.76. The van der Waals surface area contributed by atoms with E-state index in [0.717, 1.165) is 11.0 Å². The van der Waals surface area contributed by atoms with Gasteiger partial charge in [-0.05, 0) is 0 Å². The number of hydrogen-bond donors (Lipinski definition) is 0. The van der Waals surface area contributed by atoms with Gasteiger partial charge >= 0.3 is 8.69 Å². The zero-order valence-electron chi connectivity index (χ0n) is 6.50. The van der Waals surface area contributed by atoms with E-state index in [1.54, 1.807) is 0 Å². The summed E-state index contributed by atoms with van der Waals surface area (Å²) in [5.41, 5.74) is 0. The fraction of sp³-hybridized carbons (Fsp3) is 1.00. The highest BCUT2D eigenvalue weighted by Crippen LogP contribution is 1.96. The van der Waals surface area contributed by atoms with Crippen molar-refractivity contribution >= 4 is 8.69 Å². The van der Waals surface area contributed by atoms with Crippen LogP contribution in [0.4, 0.5) is 0 Å². The van der Waals surface area contributed by atoms with Crippen LogP contribution in [0.25, 0.3) is 0 Å². The van der Waals surface area contributed by atoms with Crippen LogP contribution in [0.5, 0.6) is 0 Å². The summed E-state index contributed by atoms with van der Waals surface area (Å²) in [7, 11) is 5.96. The van der Waals surface area contributed by atoms with Crippen molar-refractivity contribution in [3.8, 4) is 0 Å². The summed E-state index contributed by atoms with van der Waals surface area (Å²) in [6, 6.07) is 0. The number of nitrogens with zero attached hydrogens (tertiary/aromatic N) is 1. The third-order valence-electron chi connectivity index (χ3n) is 0.906. The molecule has 3 nitrogen and oxygen atoms in total. The number of hydrogen-bond acceptors (Lipinski definition) is 2. The van der Waals surface area contributed by atoms with Crippen molar-refractivity contribution in [1.82, 2.24) is 0 Å². The van der Waals surface area contributed by atoms with Gasteiger partial charge in [0, 0.05) is 0 Å². The van der Waals surface area contributed by atoms with Crippen molar-refractivity contribution in [2.75, 3.05) is 34.3 Å². The van der Waals surface area contributed by atoms with Crippen molar-refractivity contribution in [2.24, 2.45) is 0 Å². The van der Waals surface area contributed by atoms with Crippen LogP contribution in [-0.2, 0) is 9.09 Å². The van der Waals surface area contributed by atoms with Crippen molar-refractivity contribution in [3.05, 3.63) is 0 Å². The van der Waals surface area contributed by atoms with E-state index in [4.69, 9.17) is 0 Å². The van der Waals surface area contributed by atoms with E-state index in [9.17, 15) is 4.57 Å². The molecular formula is C5H13INO2P. The van der Waals surface area contributed by atoms with Gasteiger partial charge in [-0.3, -0.25) is 4.52 Å². The Labute approximate surface area is 80.6 Å². The molecule has 0 aromatic rings. The minimum atomic E-state index is -0.217. The Hall–Kier alpha value is 0.750. The van der Waals surface area contributed by atoms with Gasteiger partial charge < -0.3 is 28.5 Å². The van der Waals surface area contributed by atoms with Gasteiger partial charge in [-0.25, -0.2) is 4.57 Å². The largest absolute Gasteiger partial charge is 1.00 e. The molecule has 10 heavy (non-hydrogen) atoms. The fourth-order valence-electron chi connectivity index (χ4n) is 0.352. The van der Waals surface area contributed by atoms with Gasteiger partial charge in [0.1, 0.15) is 13.2 Å². The maximum Gasteiger partial charge on any atom is 0.327 e. The summed E-state index contributed by atoms with van der Waals surface area (Å²) in [6.45, 7) is 1.43. The second kappa shape index (κ2) is 6.46. The molecule has 5 heteroatoms. The van der Waals surface area contributed by atoms with E-state index in [1.807, 2.05) is 0 Å². The Morgan fingerprint density at radius 2 is 1.90 bits per heavy atom. The highest BCUT2D eigenvalue weighted by Gasteiger charge is 2.04. The van der Waals surface area contributed by atoms with Crippen LogP contribution in [0, 0.1) is 0 Å². The average molecular weight is 277 g/mol. The molecule has 62 valence electrons. The van der Waals surface area contributed by atoms with Gasteiger partial charge in [0.2, 0.25) is 0 Å². The lowest BCUT2D eigenvalue weighted by molar-refractivity contribution is -0.870. The van der Waals surface area contributed by atoms with E-state index >= 15 is 0 Å². The highest BCUT2D eigenvalue weighted by molar-refractivity contribution is 7.17. The molecule has 0 saturated heterocycles. The second-order valence-corrected chi connectivity index (χ2v) is 3.33. The molecule has 0 fully saturated rings. The standard InChI is InChI=1S/C5H13NO2P.HI/c1-6(2,3)4-5-8-9-7;/h4-5H2,1-3H3;1H/q+1;/p-1. The first-order valence-electron chi connectivity index (χ1n) is 2.81. The molecule has 0 aromatic carbocycles. The van der Waals surface area contributed by atoms with E-state index in [2.05, 4.69) is 25.7 Å². The van der Waals surface area contributed by atoms with Crippen LogP contribution in [0.2, 0.25) is 0 Å². The lowest BCUT2D eigenvalue weighted by Crippen LogP contribution is -3.00. The Morgan fingerprint density at radius 3 is 2.20 bits per heavy atom. The van der Waals surface area contributed by atoms with Crippen molar-refractivity contribution in [3.63, 3.8) is 0 Å². The molecule has 0 spiro atoms. The van der Waals surface area contributed by atoms with Crippen LogP contribution in [0.3, 0.4) is 0 Å². The first-order chi connectivity index (χ1) is 4.06. The zero-order chi connectivity index (χ0) is 7.33. The summed E-state index contributed by atoms with van der Waals surface area (Å²) < 4.78 is 15.2. The van der Waals surface area contributed by atoms with E-state index in [-0.39, 0.29) is 32.7 Å². The lowest BCUT2D eigenvalue weighted by atomic mass is 10.5. The number of quaternary nitrogens is 1. The molecule has 0 saturated carbocycles. The molecule has 0 aromatic heterocycles.